The normalized spacial score (nSPS) is 19.2. The van der Waals surface area contributed by atoms with E-state index in [0.717, 1.165) is 37.1 Å². The van der Waals surface area contributed by atoms with E-state index in [9.17, 15) is 9.18 Å². The van der Waals surface area contributed by atoms with Crippen molar-refractivity contribution < 1.29 is 18.7 Å². The number of pyridine rings is 1. The van der Waals surface area contributed by atoms with Gasteiger partial charge in [-0.25, -0.2) is 19.3 Å². The maximum absolute atomic E-state index is 13.7. The number of hydrogen-bond acceptors (Lipinski definition) is 8. The number of ether oxygens (including phenoxy) is 2. The lowest BCUT2D eigenvalue weighted by atomic mass is 10.1. The molecule has 2 saturated heterocycles. The number of rotatable bonds is 8. The summed E-state index contributed by atoms with van der Waals surface area (Å²) < 4.78 is 25.6. The van der Waals surface area contributed by atoms with Gasteiger partial charge in [-0.2, -0.15) is 0 Å². The number of benzene rings is 1. The number of nitrogens with zero attached hydrogens (tertiary/aromatic N) is 5. The van der Waals surface area contributed by atoms with E-state index in [2.05, 4.69) is 20.3 Å². The largest absolute Gasteiger partial charge is 0.351 e. The van der Waals surface area contributed by atoms with Crippen molar-refractivity contribution in [3.05, 3.63) is 78.3 Å². The number of anilines is 1. The number of carbonyl (C=O) groups excluding carboxylic acids is 1. The molecule has 0 unspecified atom stereocenters. The fourth-order valence-corrected chi connectivity index (χ4v) is 5.12. The van der Waals surface area contributed by atoms with Crippen LogP contribution in [0.2, 0.25) is 0 Å². The molecule has 0 bridgehead atoms. The number of halogens is 1. The Labute approximate surface area is 237 Å². The second-order valence-corrected chi connectivity index (χ2v) is 10.3. The molecule has 2 aliphatic heterocycles. The standard InChI is InChI=1S/C30H32FN7O3/c31-23-6-4-21(5-7-23)27-28(24-10-13-33-30(35-24)34-17-20-8-11-32-12-9-20)37-25(36-27)16-26-40-18-22(19-41-26)29(39)38-14-2-1-3-15-38/h4-13,22,26H,1-3,14-19H2,(H,36,37)(H,33,34,35). The van der Waals surface area contributed by atoms with Crippen LogP contribution in [-0.4, -0.2) is 68.3 Å². The summed E-state index contributed by atoms with van der Waals surface area (Å²) >= 11 is 0. The fourth-order valence-electron chi connectivity index (χ4n) is 5.12. The van der Waals surface area contributed by atoms with E-state index in [-0.39, 0.29) is 17.6 Å². The summed E-state index contributed by atoms with van der Waals surface area (Å²) in [4.78, 5) is 36.1. The lowest BCUT2D eigenvalue weighted by molar-refractivity contribution is -0.204. The maximum Gasteiger partial charge on any atom is 0.230 e. The number of piperidine rings is 1. The van der Waals surface area contributed by atoms with E-state index in [1.807, 2.05) is 17.0 Å². The number of amides is 1. The molecule has 0 aliphatic carbocycles. The van der Waals surface area contributed by atoms with Crippen LogP contribution < -0.4 is 5.32 Å². The van der Waals surface area contributed by atoms with Gasteiger partial charge in [0.15, 0.2) is 6.29 Å². The Kier molecular flexibility index (Phi) is 8.24. The molecule has 0 radical (unpaired) electrons. The van der Waals surface area contributed by atoms with Crippen LogP contribution in [0, 0.1) is 11.7 Å². The number of aromatic amines is 1. The molecule has 5 heterocycles. The Morgan fingerprint density at radius 1 is 0.976 bits per heavy atom. The van der Waals surface area contributed by atoms with Gasteiger partial charge < -0.3 is 24.7 Å². The Morgan fingerprint density at radius 3 is 2.49 bits per heavy atom. The van der Waals surface area contributed by atoms with Crippen LogP contribution in [0.25, 0.3) is 22.6 Å². The van der Waals surface area contributed by atoms with E-state index in [4.69, 9.17) is 19.4 Å². The second kappa shape index (κ2) is 12.5. The van der Waals surface area contributed by atoms with E-state index >= 15 is 0 Å². The summed E-state index contributed by atoms with van der Waals surface area (Å²) in [7, 11) is 0. The van der Waals surface area contributed by atoms with Gasteiger partial charge in [0.1, 0.15) is 11.6 Å². The van der Waals surface area contributed by atoms with Gasteiger partial charge in [0.25, 0.3) is 0 Å². The number of nitrogens with one attached hydrogen (secondary N) is 2. The molecule has 6 rings (SSSR count). The molecule has 41 heavy (non-hydrogen) atoms. The summed E-state index contributed by atoms with van der Waals surface area (Å²) in [6, 6.07) is 11.8. The molecule has 11 heteroatoms. The van der Waals surface area contributed by atoms with Crippen LogP contribution in [0.3, 0.4) is 0 Å². The number of likely N-dealkylation sites (tertiary alicyclic amines) is 1. The molecular formula is C30H32FN7O3. The minimum atomic E-state index is -0.538. The van der Waals surface area contributed by atoms with Crippen LogP contribution in [0.1, 0.15) is 30.7 Å². The summed E-state index contributed by atoms with van der Waals surface area (Å²) in [5.74, 6) is 0.594. The zero-order valence-electron chi connectivity index (χ0n) is 22.6. The van der Waals surface area contributed by atoms with Crippen LogP contribution in [-0.2, 0) is 27.2 Å². The Balaban J connectivity index is 1.18. The van der Waals surface area contributed by atoms with E-state index in [1.54, 1.807) is 36.8 Å². The molecule has 10 nitrogen and oxygen atoms in total. The molecule has 1 amide bonds. The van der Waals surface area contributed by atoms with Gasteiger partial charge in [0.2, 0.25) is 11.9 Å². The Bertz CT molecular complexity index is 1450. The zero-order chi connectivity index (χ0) is 28.0. The molecule has 2 fully saturated rings. The summed E-state index contributed by atoms with van der Waals surface area (Å²) in [5, 5.41) is 3.24. The van der Waals surface area contributed by atoms with E-state index in [1.165, 1.54) is 18.6 Å². The van der Waals surface area contributed by atoms with Gasteiger partial charge in [0.05, 0.1) is 42.6 Å². The SMILES string of the molecule is O=C(C1COC(Cc2nc(-c3ccc(F)cc3)c(-c3ccnc(NCc4ccncc4)n3)[nH]2)OC1)N1CCCCC1. The lowest BCUT2D eigenvalue weighted by Gasteiger charge is -2.34. The predicted octanol–water partition coefficient (Wildman–Crippen LogP) is 4.22. The first-order valence-corrected chi connectivity index (χ1v) is 14.0. The third-order valence-corrected chi connectivity index (χ3v) is 7.33. The second-order valence-electron chi connectivity index (χ2n) is 10.3. The molecule has 3 aromatic heterocycles. The molecule has 212 valence electrons. The van der Waals surface area contributed by atoms with Crippen LogP contribution in [0.15, 0.2) is 61.1 Å². The molecule has 0 saturated carbocycles. The minimum Gasteiger partial charge on any atom is -0.351 e. The number of carbonyl (C=O) groups is 1. The minimum absolute atomic E-state index is 0.110. The monoisotopic (exact) mass is 557 g/mol. The number of imidazole rings is 1. The number of hydrogen-bond donors (Lipinski definition) is 2. The number of aromatic nitrogens is 5. The van der Waals surface area contributed by atoms with Crippen molar-refractivity contribution in [2.75, 3.05) is 31.6 Å². The molecule has 2 aliphatic rings. The van der Waals surface area contributed by atoms with E-state index < -0.39 is 6.29 Å². The Hall–Kier alpha value is -4.22. The van der Waals surface area contributed by atoms with Gasteiger partial charge in [-0.05, 0) is 67.3 Å². The third kappa shape index (κ3) is 6.58. The van der Waals surface area contributed by atoms with Crippen LogP contribution in [0.4, 0.5) is 10.3 Å². The zero-order valence-corrected chi connectivity index (χ0v) is 22.6. The van der Waals surface area contributed by atoms with Gasteiger partial charge in [0, 0.05) is 43.8 Å². The van der Waals surface area contributed by atoms with Crippen LogP contribution in [0.5, 0.6) is 0 Å². The van der Waals surface area contributed by atoms with Crippen molar-refractivity contribution in [3.8, 4) is 22.6 Å². The predicted molar refractivity (Wildman–Crippen MR) is 150 cm³/mol. The number of H-pyrrole nitrogens is 1. The molecule has 0 spiro atoms. The average Bonchev–Trinajstić information content (AvgIpc) is 3.45. The van der Waals surface area contributed by atoms with Crippen molar-refractivity contribution in [2.24, 2.45) is 5.92 Å². The van der Waals surface area contributed by atoms with Gasteiger partial charge in [-0.1, -0.05) is 0 Å². The van der Waals surface area contributed by atoms with Crippen LogP contribution >= 0.6 is 0 Å². The topological polar surface area (TPSA) is 118 Å². The summed E-state index contributed by atoms with van der Waals surface area (Å²) in [6.07, 6.45) is 8.25. The molecule has 2 N–H and O–H groups in total. The fraction of sp³-hybridized carbons (Fsp3) is 0.367. The summed E-state index contributed by atoms with van der Waals surface area (Å²) in [6.45, 7) is 2.80. The first-order chi connectivity index (χ1) is 20.1. The Morgan fingerprint density at radius 2 is 1.73 bits per heavy atom. The van der Waals surface area contributed by atoms with Crippen molar-refractivity contribution in [1.82, 2.24) is 29.8 Å². The van der Waals surface area contributed by atoms with Crippen molar-refractivity contribution >= 4 is 11.9 Å². The average molecular weight is 558 g/mol. The molecular weight excluding hydrogens is 525 g/mol. The first-order valence-electron chi connectivity index (χ1n) is 14.0. The highest BCUT2D eigenvalue weighted by molar-refractivity contribution is 5.79. The third-order valence-electron chi connectivity index (χ3n) is 7.33. The molecule has 1 aromatic carbocycles. The summed E-state index contributed by atoms with van der Waals surface area (Å²) in [5.41, 5.74) is 3.74. The maximum atomic E-state index is 13.7. The van der Waals surface area contributed by atoms with Gasteiger partial charge in [-0.15, -0.1) is 0 Å². The van der Waals surface area contributed by atoms with Gasteiger partial charge in [-0.3, -0.25) is 9.78 Å². The molecule has 4 aromatic rings. The highest BCUT2D eigenvalue weighted by Gasteiger charge is 2.32. The molecule has 0 atom stereocenters. The lowest BCUT2D eigenvalue weighted by Crippen LogP contribution is -2.46. The van der Waals surface area contributed by atoms with E-state index in [0.29, 0.717) is 55.0 Å². The smallest absolute Gasteiger partial charge is 0.230 e. The van der Waals surface area contributed by atoms with Crippen molar-refractivity contribution in [3.63, 3.8) is 0 Å². The van der Waals surface area contributed by atoms with Crippen molar-refractivity contribution in [2.45, 2.75) is 38.5 Å². The highest BCUT2D eigenvalue weighted by atomic mass is 19.1. The van der Waals surface area contributed by atoms with Gasteiger partial charge >= 0.3 is 0 Å². The highest BCUT2D eigenvalue weighted by Crippen LogP contribution is 2.30. The van der Waals surface area contributed by atoms with Crippen molar-refractivity contribution in [1.29, 1.82) is 0 Å². The quantitative estimate of drug-likeness (QED) is 0.331. The first kappa shape index (κ1) is 27.0.